The Morgan fingerprint density at radius 3 is 2.06 bits per heavy atom. The van der Waals surface area contributed by atoms with Crippen molar-refractivity contribution in [2.45, 2.75) is 67.1 Å². The summed E-state index contributed by atoms with van der Waals surface area (Å²) in [5.74, 6) is 0.633. The maximum absolute atomic E-state index is 5.89. The van der Waals surface area contributed by atoms with E-state index >= 15 is 0 Å². The Kier molecular flexibility index (Phi) is 5.81. The van der Waals surface area contributed by atoms with Crippen LogP contribution >= 0.6 is 0 Å². The SMILES string of the molecule is CCCC(/C(C)=C\O[Si](C)(C)C)C(C)(C)C. The first-order chi connectivity index (χ1) is 7.08. The van der Waals surface area contributed by atoms with Crippen molar-refractivity contribution in [2.24, 2.45) is 11.3 Å². The molecule has 0 aliphatic carbocycles. The summed E-state index contributed by atoms with van der Waals surface area (Å²) in [6.45, 7) is 18.1. The Balaban J connectivity index is 4.68. The lowest BCUT2D eigenvalue weighted by Crippen LogP contribution is -2.25. The van der Waals surface area contributed by atoms with E-state index < -0.39 is 8.32 Å². The minimum absolute atomic E-state index is 0.333. The Morgan fingerprint density at radius 1 is 1.25 bits per heavy atom. The molecule has 0 bridgehead atoms. The molecule has 0 fully saturated rings. The molecular formula is C14H30OSi. The zero-order valence-electron chi connectivity index (χ0n) is 12.5. The molecule has 1 nitrogen and oxygen atoms in total. The average Bonchev–Trinajstić information content (AvgIpc) is 2.07. The molecule has 0 aromatic heterocycles. The molecule has 0 amide bonds. The van der Waals surface area contributed by atoms with Gasteiger partial charge in [0.2, 0.25) is 8.32 Å². The van der Waals surface area contributed by atoms with Gasteiger partial charge in [0.05, 0.1) is 6.26 Å². The maximum atomic E-state index is 5.89. The lowest BCUT2D eigenvalue weighted by molar-refractivity contribution is 0.257. The lowest BCUT2D eigenvalue weighted by Gasteiger charge is -2.32. The van der Waals surface area contributed by atoms with Crippen molar-refractivity contribution in [1.82, 2.24) is 0 Å². The molecule has 0 radical (unpaired) electrons. The minimum atomic E-state index is -1.42. The zero-order valence-corrected chi connectivity index (χ0v) is 13.5. The van der Waals surface area contributed by atoms with Crippen molar-refractivity contribution in [3.05, 3.63) is 11.8 Å². The van der Waals surface area contributed by atoms with Gasteiger partial charge in [-0.3, -0.25) is 0 Å². The van der Waals surface area contributed by atoms with Crippen LogP contribution in [0.2, 0.25) is 19.6 Å². The van der Waals surface area contributed by atoms with Crippen molar-refractivity contribution in [3.63, 3.8) is 0 Å². The highest BCUT2D eigenvalue weighted by atomic mass is 28.4. The maximum Gasteiger partial charge on any atom is 0.241 e. The van der Waals surface area contributed by atoms with E-state index in [0.717, 1.165) is 0 Å². The van der Waals surface area contributed by atoms with Crippen molar-refractivity contribution in [3.8, 4) is 0 Å². The molecule has 16 heavy (non-hydrogen) atoms. The van der Waals surface area contributed by atoms with E-state index in [1.165, 1.54) is 18.4 Å². The zero-order chi connectivity index (χ0) is 13.0. The number of hydrogen-bond acceptors (Lipinski definition) is 1. The largest absolute Gasteiger partial charge is 0.550 e. The second-order valence-electron chi connectivity index (χ2n) is 6.80. The molecule has 96 valence electrons. The van der Waals surface area contributed by atoms with Gasteiger partial charge >= 0.3 is 0 Å². The predicted octanol–water partition coefficient (Wildman–Crippen LogP) is 5.20. The third-order valence-electron chi connectivity index (χ3n) is 2.77. The molecule has 0 aliphatic rings. The Morgan fingerprint density at radius 2 is 1.75 bits per heavy atom. The molecule has 0 N–H and O–H groups in total. The standard InChI is InChI=1S/C14H30OSi/c1-9-10-13(14(3,4)5)12(2)11-15-16(6,7)8/h11,13H,9-10H2,1-8H3/b12-11-. The van der Waals surface area contributed by atoms with Crippen molar-refractivity contribution in [2.75, 3.05) is 0 Å². The third kappa shape index (κ3) is 6.36. The van der Waals surface area contributed by atoms with E-state index in [9.17, 15) is 0 Å². The predicted molar refractivity (Wildman–Crippen MR) is 76.0 cm³/mol. The van der Waals surface area contributed by atoms with Crippen LogP contribution in [0.3, 0.4) is 0 Å². The van der Waals surface area contributed by atoms with E-state index in [2.05, 4.69) is 54.3 Å². The summed E-state index contributed by atoms with van der Waals surface area (Å²) in [7, 11) is -1.42. The van der Waals surface area contributed by atoms with Gasteiger partial charge in [-0.05, 0) is 49.9 Å². The Hall–Kier alpha value is -0.243. The minimum Gasteiger partial charge on any atom is -0.550 e. The summed E-state index contributed by atoms with van der Waals surface area (Å²) in [6, 6.07) is 0. The molecular weight excluding hydrogens is 212 g/mol. The van der Waals surface area contributed by atoms with Crippen LogP contribution in [0.25, 0.3) is 0 Å². The summed E-state index contributed by atoms with van der Waals surface area (Å²) < 4.78 is 5.89. The number of rotatable bonds is 5. The number of hydrogen-bond donors (Lipinski definition) is 0. The third-order valence-corrected chi connectivity index (χ3v) is 3.60. The van der Waals surface area contributed by atoms with Gasteiger partial charge < -0.3 is 4.43 Å². The molecule has 1 atom stereocenters. The molecule has 0 saturated heterocycles. The van der Waals surface area contributed by atoms with Crippen molar-refractivity contribution < 1.29 is 4.43 Å². The summed E-state index contributed by atoms with van der Waals surface area (Å²) in [6.07, 6.45) is 4.51. The smallest absolute Gasteiger partial charge is 0.241 e. The molecule has 0 aromatic carbocycles. The van der Waals surface area contributed by atoms with E-state index in [1.54, 1.807) is 0 Å². The normalized spacial score (nSPS) is 16.1. The average molecular weight is 242 g/mol. The van der Waals surface area contributed by atoms with Crippen LogP contribution in [-0.2, 0) is 4.43 Å². The van der Waals surface area contributed by atoms with E-state index in [4.69, 9.17) is 4.43 Å². The highest BCUT2D eigenvalue weighted by Crippen LogP contribution is 2.35. The Bertz CT molecular complexity index is 230. The van der Waals surface area contributed by atoms with Crippen molar-refractivity contribution >= 4 is 8.32 Å². The molecule has 0 heterocycles. The van der Waals surface area contributed by atoms with Gasteiger partial charge in [-0.2, -0.15) is 0 Å². The molecule has 0 aliphatic heterocycles. The van der Waals surface area contributed by atoms with Gasteiger partial charge in [0.1, 0.15) is 0 Å². The monoisotopic (exact) mass is 242 g/mol. The molecule has 1 unspecified atom stereocenters. The first kappa shape index (κ1) is 15.8. The second-order valence-corrected chi connectivity index (χ2v) is 11.3. The highest BCUT2D eigenvalue weighted by molar-refractivity contribution is 6.69. The van der Waals surface area contributed by atoms with Crippen LogP contribution in [0.15, 0.2) is 11.8 Å². The van der Waals surface area contributed by atoms with Crippen LogP contribution in [0.1, 0.15) is 47.5 Å². The summed E-state index contributed by atoms with van der Waals surface area (Å²) >= 11 is 0. The van der Waals surface area contributed by atoms with Gasteiger partial charge in [0, 0.05) is 0 Å². The fourth-order valence-electron chi connectivity index (χ4n) is 1.98. The molecule has 0 rings (SSSR count). The molecule has 2 heteroatoms. The summed E-state index contributed by atoms with van der Waals surface area (Å²) in [4.78, 5) is 0. The molecule has 0 saturated carbocycles. The Labute approximate surface area is 103 Å². The van der Waals surface area contributed by atoms with Gasteiger partial charge in [-0.15, -0.1) is 0 Å². The van der Waals surface area contributed by atoms with Crippen LogP contribution in [0, 0.1) is 11.3 Å². The van der Waals surface area contributed by atoms with Gasteiger partial charge in [-0.25, -0.2) is 0 Å². The van der Waals surface area contributed by atoms with Crippen molar-refractivity contribution in [1.29, 1.82) is 0 Å². The topological polar surface area (TPSA) is 9.23 Å². The summed E-state index contributed by atoms with van der Waals surface area (Å²) in [5.41, 5.74) is 1.73. The fourth-order valence-corrected chi connectivity index (χ4v) is 2.52. The van der Waals surface area contributed by atoms with Gasteiger partial charge in [0.15, 0.2) is 0 Å². The molecule has 0 aromatic rings. The first-order valence-electron chi connectivity index (χ1n) is 6.42. The number of allylic oxidation sites excluding steroid dienone is 1. The lowest BCUT2D eigenvalue weighted by atomic mass is 9.74. The van der Waals surface area contributed by atoms with E-state index in [1.807, 2.05) is 6.26 Å². The first-order valence-corrected chi connectivity index (χ1v) is 9.83. The fraction of sp³-hybridized carbons (Fsp3) is 0.857. The van der Waals surface area contributed by atoms with Gasteiger partial charge in [0.25, 0.3) is 0 Å². The van der Waals surface area contributed by atoms with Gasteiger partial charge in [-0.1, -0.05) is 34.1 Å². The van der Waals surface area contributed by atoms with E-state index in [-0.39, 0.29) is 0 Å². The van der Waals surface area contributed by atoms with E-state index in [0.29, 0.717) is 11.3 Å². The second kappa shape index (κ2) is 5.90. The van der Waals surface area contributed by atoms with Crippen LogP contribution in [0.4, 0.5) is 0 Å². The highest BCUT2D eigenvalue weighted by Gasteiger charge is 2.25. The van der Waals surface area contributed by atoms with Crippen LogP contribution < -0.4 is 0 Å². The van der Waals surface area contributed by atoms with Crippen LogP contribution in [-0.4, -0.2) is 8.32 Å². The molecule has 0 spiro atoms. The van der Waals surface area contributed by atoms with Crippen LogP contribution in [0.5, 0.6) is 0 Å². The quantitative estimate of drug-likeness (QED) is 0.475. The summed E-state index contributed by atoms with van der Waals surface area (Å²) in [5, 5.41) is 0.